The Morgan fingerprint density at radius 2 is 2.41 bits per heavy atom. The topological polar surface area (TPSA) is 32.3 Å². The highest BCUT2D eigenvalue weighted by Gasteiger charge is 2.32. The maximum Gasteiger partial charge on any atom is 0.317 e. The van der Waals surface area contributed by atoms with Gasteiger partial charge in [-0.25, -0.2) is 4.79 Å². The molecule has 0 spiro atoms. The Bertz CT molecular complexity index is 346. The largest absolute Gasteiger partial charge is 0.338 e. The molecule has 2 rings (SSSR count). The van der Waals surface area contributed by atoms with Crippen molar-refractivity contribution in [3.05, 3.63) is 22.4 Å². The Balaban J connectivity index is 1.86. The van der Waals surface area contributed by atoms with Gasteiger partial charge < -0.3 is 10.2 Å². The minimum Gasteiger partial charge on any atom is -0.338 e. The molecule has 0 unspecified atom stereocenters. The van der Waals surface area contributed by atoms with Crippen molar-refractivity contribution in [2.75, 3.05) is 6.54 Å². The van der Waals surface area contributed by atoms with Gasteiger partial charge in [0.1, 0.15) is 0 Å². The van der Waals surface area contributed by atoms with Gasteiger partial charge in [0.2, 0.25) is 0 Å². The predicted molar refractivity (Wildman–Crippen MR) is 71.2 cm³/mol. The molecule has 2 amide bonds. The Kier molecular flexibility index (Phi) is 4.42. The fraction of sp³-hybridized carbons (Fsp3) is 0.615. The summed E-state index contributed by atoms with van der Waals surface area (Å²) in [7, 11) is 0. The lowest BCUT2D eigenvalue weighted by atomic mass is 10.3. The van der Waals surface area contributed by atoms with Gasteiger partial charge in [-0.2, -0.15) is 11.3 Å². The molecule has 1 aromatic heterocycles. The fourth-order valence-corrected chi connectivity index (χ4v) is 2.47. The van der Waals surface area contributed by atoms with Crippen LogP contribution in [0.3, 0.4) is 0 Å². The molecular formula is C13H20N2OS. The van der Waals surface area contributed by atoms with Crippen molar-refractivity contribution >= 4 is 17.4 Å². The molecule has 4 heteroatoms. The van der Waals surface area contributed by atoms with E-state index in [1.807, 2.05) is 4.90 Å². The van der Waals surface area contributed by atoms with Crippen LogP contribution in [-0.4, -0.2) is 23.5 Å². The molecule has 3 nitrogen and oxygen atoms in total. The van der Waals surface area contributed by atoms with Crippen LogP contribution >= 0.6 is 11.3 Å². The molecular weight excluding hydrogens is 232 g/mol. The van der Waals surface area contributed by atoms with E-state index in [9.17, 15) is 4.79 Å². The number of unbranched alkanes of at least 4 members (excludes halogenated alkanes) is 1. The van der Waals surface area contributed by atoms with Crippen LogP contribution in [0.5, 0.6) is 0 Å². The number of amides is 2. The highest BCUT2D eigenvalue weighted by atomic mass is 32.1. The average Bonchev–Trinajstić information content (AvgIpc) is 3.03. The second-order valence-electron chi connectivity index (χ2n) is 4.58. The normalized spacial score (nSPS) is 14.6. The molecule has 1 aliphatic rings. The van der Waals surface area contributed by atoms with Crippen molar-refractivity contribution < 1.29 is 4.79 Å². The van der Waals surface area contributed by atoms with Crippen LogP contribution < -0.4 is 5.32 Å². The third kappa shape index (κ3) is 3.73. The van der Waals surface area contributed by atoms with Gasteiger partial charge >= 0.3 is 6.03 Å². The number of hydrogen-bond donors (Lipinski definition) is 1. The number of carbonyl (C=O) groups is 1. The van der Waals surface area contributed by atoms with Crippen LogP contribution in [0, 0.1) is 0 Å². The zero-order valence-corrected chi connectivity index (χ0v) is 11.1. The SMILES string of the molecule is CCCCNC(=O)N(Cc1ccsc1)C1CC1. The number of thiophene rings is 1. The second-order valence-corrected chi connectivity index (χ2v) is 5.36. The maximum absolute atomic E-state index is 12.0. The monoisotopic (exact) mass is 252 g/mol. The van der Waals surface area contributed by atoms with E-state index in [0.717, 1.165) is 38.8 Å². The van der Waals surface area contributed by atoms with Gasteiger partial charge in [0.05, 0.1) is 0 Å². The molecule has 1 N–H and O–H groups in total. The first-order valence-electron chi connectivity index (χ1n) is 6.36. The van der Waals surface area contributed by atoms with E-state index in [1.54, 1.807) is 11.3 Å². The van der Waals surface area contributed by atoms with Gasteiger partial charge in [-0.1, -0.05) is 13.3 Å². The van der Waals surface area contributed by atoms with Crippen molar-refractivity contribution in [2.45, 2.75) is 45.2 Å². The molecule has 0 atom stereocenters. The highest BCUT2D eigenvalue weighted by molar-refractivity contribution is 7.07. The number of nitrogens with zero attached hydrogens (tertiary/aromatic N) is 1. The molecule has 0 bridgehead atoms. The first-order valence-corrected chi connectivity index (χ1v) is 7.31. The van der Waals surface area contributed by atoms with Gasteiger partial charge in [0.15, 0.2) is 0 Å². The molecule has 1 aromatic rings. The lowest BCUT2D eigenvalue weighted by Crippen LogP contribution is -2.41. The maximum atomic E-state index is 12.0. The highest BCUT2D eigenvalue weighted by Crippen LogP contribution is 2.28. The molecule has 94 valence electrons. The first kappa shape index (κ1) is 12.4. The van der Waals surface area contributed by atoms with Crippen molar-refractivity contribution in [1.29, 1.82) is 0 Å². The van der Waals surface area contributed by atoms with Crippen LogP contribution in [0.4, 0.5) is 4.79 Å². The lowest BCUT2D eigenvalue weighted by Gasteiger charge is -2.22. The minimum atomic E-state index is 0.104. The van der Waals surface area contributed by atoms with Crippen molar-refractivity contribution in [2.24, 2.45) is 0 Å². The summed E-state index contributed by atoms with van der Waals surface area (Å²) >= 11 is 1.69. The summed E-state index contributed by atoms with van der Waals surface area (Å²) in [6.07, 6.45) is 4.49. The molecule has 1 heterocycles. The number of rotatable bonds is 6. The summed E-state index contributed by atoms with van der Waals surface area (Å²) in [5.74, 6) is 0. The zero-order chi connectivity index (χ0) is 12.1. The molecule has 0 aromatic carbocycles. The van der Waals surface area contributed by atoms with Gasteiger partial charge in [-0.15, -0.1) is 0 Å². The summed E-state index contributed by atoms with van der Waals surface area (Å²) in [5.41, 5.74) is 1.24. The van der Waals surface area contributed by atoms with Crippen molar-refractivity contribution in [3.63, 3.8) is 0 Å². The molecule has 0 radical (unpaired) electrons. The summed E-state index contributed by atoms with van der Waals surface area (Å²) in [4.78, 5) is 14.0. The van der Waals surface area contributed by atoms with Gasteiger partial charge in [-0.3, -0.25) is 0 Å². The quantitative estimate of drug-likeness (QED) is 0.775. The molecule has 0 aliphatic heterocycles. The smallest absolute Gasteiger partial charge is 0.317 e. The van der Waals surface area contributed by atoms with Crippen LogP contribution in [-0.2, 0) is 6.54 Å². The Labute approximate surface area is 107 Å². The number of urea groups is 1. The van der Waals surface area contributed by atoms with E-state index in [0.29, 0.717) is 6.04 Å². The van der Waals surface area contributed by atoms with Crippen molar-refractivity contribution in [1.82, 2.24) is 10.2 Å². The summed E-state index contributed by atoms with van der Waals surface area (Å²) in [6, 6.07) is 2.67. The van der Waals surface area contributed by atoms with Gasteiger partial charge in [-0.05, 0) is 41.7 Å². The van der Waals surface area contributed by atoms with Gasteiger partial charge in [0, 0.05) is 19.1 Å². The fourth-order valence-electron chi connectivity index (χ4n) is 1.81. The third-order valence-electron chi connectivity index (χ3n) is 2.99. The predicted octanol–water partition coefficient (Wildman–Crippen LogP) is 3.22. The van der Waals surface area contributed by atoms with Crippen LogP contribution in [0.15, 0.2) is 16.8 Å². The standard InChI is InChI=1S/C13H20N2OS/c1-2-3-7-14-13(16)15(12-4-5-12)9-11-6-8-17-10-11/h6,8,10,12H,2-5,7,9H2,1H3,(H,14,16). The van der Waals surface area contributed by atoms with E-state index < -0.39 is 0 Å². The Morgan fingerprint density at radius 3 is 3.00 bits per heavy atom. The second kappa shape index (κ2) is 6.05. The van der Waals surface area contributed by atoms with Crippen LogP contribution in [0.25, 0.3) is 0 Å². The lowest BCUT2D eigenvalue weighted by molar-refractivity contribution is 0.192. The van der Waals surface area contributed by atoms with E-state index in [2.05, 4.69) is 29.1 Å². The molecule has 1 fully saturated rings. The average molecular weight is 252 g/mol. The number of carbonyl (C=O) groups excluding carboxylic acids is 1. The van der Waals surface area contributed by atoms with E-state index >= 15 is 0 Å². The summed E-state index contributed by atoms with van der Waals surface area (Å²) in [5, 5.41) is 7.19. The zero-order valence-electron chi connectivity index (χ0n) is 10.3. The third-order valence-corrected chi connectivity index (χ3v) is 3.72. The molecule has 0 saturated heterocycles. The van der Waals surface area contributed by atoms with Crippen LogP contribution in [0.1, 0.15) is 38.2 Å². The van der Waals surface area contributed by atoms with E-state index in [-0.39, 0.29) is 6.03 Å². The van der Waals surface area contributed by atoms with Crippen molar-refractivity contribution in [3.8, 4) is 0 Å². The minimum absolute atomic E-state index is 0.104. The summed E-state index contributed by atoms with van der Waals surface area (Å²) < 4.78 is 0. The number of hydrogen-bond acceptors (Lipinski definition) is 2. The van der Waals surface area contributed by atoms with Gasteiger partial charge in [0.25, 0.3) is 0 Å². The van der Waals surface area contributed by atoms with E-state index in [1.165, 1.54) is 5.56 Å². The Morgan fingerprint density at radius 1 is 1.59 bits per heavy atom. The van der Waals surface area contributed by atoms with E-state index in [4.69, 9.17) is 0 Å². The van der Waals surface area contributed by atoms with Crippen LogP contribution in [0.2, 0.25) is 0 Å². The first-order chi connectivity index (χ1) is 8.31. The molecule has 1 aliphatic carbocycles. The molecule has 17 heavy (non-hydrogen) atoms. The number of nitrogens with one attached hydrogen (secondary N) is 1. The Hall–Kier alpha value is -1.03. The molecule has 1 saturated carbocycles. The summed E-state index contributed by atoms with van der Waals surface area (Å²) in [6.45, 7) is 3.69.